The highest BCUT2D eigenvalue weighted by Gasteiger charge is 2.11. The molecule has 30 heavy (non-hydrogen) atoms. The highest BCUT2D eigenvalue weighted by molar-refractivity contribution is 9.10. The van der Waals surface area contributed by atoms with Gasteiger partial charge in [0.05, 0.1) is 16.3 Å². The number of hydrogen-bond acceptors (Lipinski definition) is 3. The van der Waals surface area contributed by atoms with E-state index in [0.717, 1.165) is 10.0 Å². The molecule has 0 unspecified atom stereocenters. The van der Waals surface area contributed by atoms with Gasteiger partial charge in [0.25, 0.3) is 11.8 Å². The first kappa shape index (κ1) is 22.0. The van der Waals surface area contributed by atoms with Crippen LogP contribution in [0.3, 0.4) is 0 Å². The number of amides is 2. The molecule has 0 aromatic heterocycles. The fourth-order valence-corrected chi connectivity index (χ4v) is 3.45. The summed E-state index contributed by atoms with van der Waals surface area (Å²) in [5.74, 6) is -0.643. The van der Waals surface area contributed by atoms with E-state index in [4.69, 9.17) is 23.2 Å². The molecule has 3 aromatic rings. The van der Waals surface area contributed by atoms with Gasteiger partial charge in [-0.3, -0.25) is 9.59 Å². The molecule has 2 amide bonds. The number of halogens is 3. The van der Waals surface area contributed by atoms with Crippen molar-refractivity contribution in [2.24, 2.45) is 5.10 Å². The monoisotopic (exact) mass is 503 g/mol. The molecule has 3 aromatic carbocycles. The van der Waals surface area contributed by atoms with Gasteiger partial charge in [-0.05, 0) is 61.0 Å². The lowest BCUT2D eigenvalue weighted by atomic mass is 10.1. The van der Waals surface area contributed by atoms with Crippen molar-refractivity contribution in [3.05, 3.63) is 97.9 Å². The Morgan fingerprint density at radius 3 is 2.30 bits per heavy atom. The van der Waals surface area contributed by atoms with Crippen LogP contribution < -0.4 is 10.7 Å². The van der Waals surface area contributed by atoms with E-state index in [1.165, 1.54) is 6.07 Å². The molecule has 0 spiro atoms. The van der Waals surface area contributed by atoms with E-state index in [-0.39, 0.29) is 16.8 Å². The summed E-state index contributed by atoms with van der Waals surface area (Å²) in [6.45, 7) is 1.78. The molecule has 3 rings (SSSR count). The lowest BCUT2D eigenvalue weighted by Gasteiger charge is -2.08. The molecule has 5 nitrogen and oxygen atoms in total. The fourth-order valence-electron chi connectivity index (χ4n) is 2.56. The quantitative estimate of drug-likeness (QED) is 0.322. The summed E-state index contributed by atoms with van der Waals surface area (Å²) in [6, 6.07) is 18.8. The van der Waals surface area contributed by atoms with Crippen molar-refractivity contribution in [1.82, 2.24) is 5.43 Å². The minimum absolute atomic E-state index is 0.279. The Balaban J connectivity index is 1.65. The number of nitrogens with one attached hydrogen (secondary N) is 2. The molecule has 0 aliphatic carbocycles. The van der Waals surface area contributed by atoms with Crippen LogP contribution in [0.2, 0.25) is 10.0 Å². The van der Waals surface area contributed by atoms with Crippen molar-refractivity contribution in [3.63, 3.8) is 0 Å². The molecule has 0 heterocycles. The van der Waals surface area contributed by atoms with Gasteiger partial charge in [0.2, 0.25) is 0 Å². The largest absolute Gasteiger partial charge is 0.322 e. The first-order valence-corrected chi connectivity index (χ1v) is 10.4. The zero-order valence-corrected chi connectivity index (χ0v) is 18.8. The normalized spacial score (nSPS) is 11.1. The molecule has 0 fully saturated rings. The highest BCUT2D eigenvalue weighted by atomic mass is 79.9. The maximum atomic E-state index is 12.4. The minimum atomic E-state index is -0.337. The van der Waals surface area contributed by atoms with Crippen molar-refractivity contribution in [3.8, 4) is 0 Å². The van der Waals surface area contributed by atoms with Gasteiger partial charge in [0.1, 0.15) is 0 Å². The van der Waals surface area contributed by atoms with E-state index >= 15 is 0 Å². The van der Waals surface area contributed by atoms with E-state index in [9.17, 15) is 9.59 Å². The standard InChI is InChI=1S/C22H16BrCl2N3O2/c1-13(27-28-21(29)15-3-2-4-16(23)11-15)14-5-8-18(9-6-14)26-22(30)19-10-7-17(24)12-20(19)25/h2-12H,1H3,(H,26,30)(H,28,29)/b27-13+. The Morgan fingerprint density at radius 2 is 1.63 bits per heavy atom. The Morgan fingerprint density at radius 1 is 0.900 bits per heavy atom. The number of hydrogen-bond donors (Lipinski definition) is 2. The number of carbonyl (C=O) groups is 2. The summed E-state index contributed by atoms with van der Waals surface area (Å²) in [4.78, 5) is 24.6. The summed E-state index contributed by atoms with van der Waals surface area (Å²) >= 11 is 15.3. The molecular formula is C22H16BrCl2N3O2. The predicted octanol–water partition coefficient (Wildman–Crippen LogP) is 6.16. The molecule has 8 heteroatoms. The highest BCUT2D eigenvalue weighted by Crippen LogP contribution is 2.22. The third kappa shape index (κ3) is 5.69. The van der Waals surface area contributed by atoms with Gasteiger partial charge in [0.15, 0.2) is 0 Å². The van der Waals surface area contributed by atoms with Crippen molar-refractivity contribution in [2.45, 2.75) is 6.92 Å². The first-order valence-electron chi connectivity index (χ1n) is 8.80. The fraction of sp³-hybridized carbons (Fsp3) is 0.0455. The molecule has 0 bridgehead atoms. The molecule has 0 radical (unpaired) electrons. The second-order valence-electron chi connectivity index (χ2n) is 6.30. The Kier molecular flexibility index (Phi) is 7.26. The van der Waals surface area contributed by atoms with Gasteiger partial charge < -0.3 is 5.32 Å². The summed E-state index contributed by atoms with van der Waals surface area (Å²) in [5.41, 5.74) is 5.39. The third-order valence-corrected chi connectivity index (χ3v) is 5.19. The molecule has 0 atom stereocenters. The van der Waals surface area contributed by atoms with Crippen LogP contribution in [0.5, 0.6) is 0 Å². The van der Waals surface area contributed by atoms with Gasteiger partial charge in [-0.2, -0.15) is 5.10 Å². The van der Waals surface area contributed by atoms with Crippen LogP contribution in [0, 0.1) is 0 Å². The first-order chi connectivity index (χ1) is 14.3. The van der Waals surface area contributed by atoms with Crippen molar-refractivity contribution >= 4 is 62.3 Å². The van der Waals surface area contributed by atoms with E-state index < -0.39 is 0 Å². The second-order valence-corrected chi connectivity index (χ2v) is 8.06. The molecule has 152 valence electrons. The molecule has 0 aliphatic rings. The van der Waals surface area contributed by atoms with E-state index in [1.54, 1.807) is 61.5 Å². The SMILES string of the molecule is C/C(=N\NC(=O)c1cccc(Br)c1)c1ccc(NC(=O)c2ccc(Cl)cc2Cl)cc1. The predicted molar refractivity (Wildman–Crippen MR) is 125 cm³/mol. The Labute approximate surface area is 192 Å². The van der Waals surface area contributed by atoms with E-state index in [0.29, 0.717) is 27.5 Å². The summed E-state index contributed by atoms with van der Waals surface area (Å²) in [5, 5.41) is 7.66. The topological polar surface area (TPSA) is 70.6 Å². The maximum absolute atomic E-state index is 12.4. The average Bonchev–Trinajstić information content (AvgIpc) is 2.72. The molecule has 2 N–H and O–H groups in total. The van der Waals surface area contributed by atoms with Crippen LogP contribution in [0.25, 0.3) is 0 Å². The summed E-state index contributed by atoms with van der Waals surface area (Å²) in [7, 11) is 0. The zero-order chi connectivity index (χ0) is 21.7. The van der Waals surface area contributed by atoms with Gasteiger partial charge in [-0.15, -0.1) is 0 Å². The maximum Gasteiger partial charge on any atom is 0.271 e. The molecule has 0 saturated carbocycles. The Hall–Kier alpha value is -2.67. The van der Waals surface area contributed by atoms with Crippen LogP contribution in [-0.4, -0.2) is 17.5 Å². The lowest BCUT2D eigenvalue weighted by Crippen LogP contribution is -2.19. The van der Waals surface area contributed by atoms with Crippen LogP contribution in [0.1, 0.15) is 33.2 Å². The van der Waals surface area contributed by atoms with E-state index in [2.05, 4.69) is 31.8 Å². The second kappa shape index (κ2) is 9.89. The van der Waals surface area contributed by atoms with Crippen molar-refractivity contribution in [1.29, 1.82) is 0 Å². The number of hydrazone groups is 1. The van der Waals surface area contributed by atoms with Gasteiger partial charge in [-0.25, -0.2) is 5.43 Å². The molecule has 0 aliphatic heterocycles. The van der Waals surface area contributed by atoms with Gasteiger partial charge in [0, 0.05) is 20.7 Å². The van der Waals surface area contributed by atoms with E-state index in [1.807, 2.05) is 6.07 Å². The number of benzene rings is 3. The van der Waals surface area contributed by atoms with Crippen molar-refractivity contribution < 1.29 is 9.59 Å². The Bertz CT molecular complexity index is 1130. The smallest absolute Gasteiger partial charge is 0.271 e. The number of nitrogens with zero attached hydrogens (tertiary/aromatic N) is 1. The molecular weight excluding hydrogens is 489 g/mol. The number of carbonyl (C=O) groups excluding carboxylic acids is 2. The summed E-state index contributed by atoms with van der Waals surface area (Å²) < 4.78 is 0.813. The van der Waals surface area contributed by atoms with Gasteiger partial charge >= 0.3 is 0 Å². The average molecular weight is 505 g/mol. The van der Waals surface area contributed by atoms with Crippen LogP contribution >= 0.6 is 39.1 Å². The summed E-state index contributed by atoms with van der Waals surface area (Å²) in [6.07, 6.45) is 0. The molecule has 0 saturated heterocycles. The zero-order valence-electron chi connectivity index (χ0n) is 15.7. The number of rotatable bonds is 5. The lowest BCUT2D eigenvalue weighted by molar-refractivity contribution is 0.0954. The van der Waals surface area contributed by atoms with Crippen LogP contribution in [0.4, 0.5) is 5.69 Å². The van der Waals surface area contributed by atoms with Crippen molar-refractivity contribution in [2.75, 3.05) is 5.32 Å². The third-order valence-electron chi connectivity index (χ3n) is 4.15. The van der Waals surface area contributed by atoms with Crippen LogP contribution in [0.15, 0.2) is 76.3 Å². The number of anilines is 1. The van der Waals surface area contributed by atoms with Gasteiger partial charge in [-0.1, -0.05) is 57.3 Å². The van der Waals surface area contributed by atoms with Crippen LogP contribution in [-0.2, 0) is 0 Å². The minimum Gasteiger partial charge on any atom is -0.322 e.